The Morgan fingerprint density at radius 2 is 1.37 bits per heavy atom. The van der Waals surface area contributed by atoms with Gasteiger partial charge in [0.2, 0.25) is 0 Å². The molecule has 2 nitrogen and oxygen atoms in total. The Morgan fingerprint density at radius 3 is 1.84 bits per heavy atom. The first-order valence-corrected chi connectivity index (χ1v) is 6.10. The van der Waals surface area contributed by atoms with Gasteiger partial charge in [0.15, 0.2) is 0 Å². The lowest BCUT2D eigenvalue weighted by Crippen LogP contribution is -2.12. The maximum atomic E-state index is 8.70. The summed E-state index contributed by atoms with van der Waals surface area (Å²) < 4.78 is 0. The summed E-state index contributed by atoms with van der Waals surface area (Å²) in [5, 5.41) is 12.8. The van der Waals surface area contributed by atoms with E-state index < -0.39 is 0 Å². The van der Waals surface area contributed by atoms with Crippen molar-refractivity contribution in [2.45, 2.75) is 13.1 Å². The van der Waals surface area contributed by atoms with Crippen molar-refractivity contribution in [2.75, 3.05) is 0 Å². The van der Waals surface area contributed by atoms with Crippen molar-refractivity contribution in [3.63, 3.8) is 0 Å². The topological polar surface area (TPSA) is 35.8 Å². The van der Waals surface area contributed by atoms with Gasteiger partial charge in [-0.2, -0.15) is 5.26 Å². The third-order valence-electron chi connectivity index (χ3n) is 2.65. The van der Waals surface area contributed by atoms with E-state index >= 15 is 0 Å². The van der Waals surface area contributed by atoms with Crippen molar-refractivity contribution in [3.8, 4) is 6.07 Å². The first-order valence-electron chi connectivity index (χ1n) is 5.72. The van der Waals surface area contributed by atoms with Crippen molar-refractivity contribution >= 4 is 24.0 Å². The Hall–Kier alpha value is -1.53. The molecule has 0 radical (unpaired) electrons. The fourth-order valence-corrected chi connectivity index (χ4v) is 1.78. The summed E-state index contributed by atoms with van der Waals surface area (Å²) in [4.78, 5) is 0. The summed E-state index contributed by atoms with van der Waals surface area (Å²) in [5.41, 5.74) is 3.06. The SMILES string of the molecule is Cl.N#Cc1ccc(CNCc2ccc(Cl)cc2)cc1. The summed E-state index contributed by atoms with van der Waals surface area (Å²) in [5.74, 6) is 0. The number of benzene rings is 2. The van der Waals surface area contributed by atoms with E-state index in [-0.39, 0.29) is 12.4 Å². The first-order chi connectivity index (χ1) is 8.78. The van der Waals surface area contributed by atoms with Crippen LogP contribution in [0.4, 0.5) is 0 Å². The van der Waals surface area contributed by atoms with Crippen LogP contribution in [0.15, 0.2) is 48.5 Å². The highest BCUT2D eigenvalue weighted by Gasteiger charge is 1.95. The van der Waals surface area contributed by atoms with E-state index in [1.165, 1.54) is 11.1 Å². The molecule has 0 saturated carbocycles. The van der Waals surface area contributed by atoms with Gasteiger partial charge in [0.25, 0.3) is 0 Å². The van der Waals surface area contributed by atoms with Gasteiger partial charge >= 0.3 is 0 Å². The maximum absolute atomic E-state index is 8.70. The molecular weight excluding hydrogens is 279 g/mol. The summed E-state index contributed by atoms with van der Waals surface area (Å²) in [6, 6.07) is 17.5. The standard InChI is InChI=1S/C15H13ClN2.ClH/c16-15-7-5-14(6-8-15)11-18-10-13-3-1-12(9-17)2-4-13;/h1-8,18H,10-11H2;1H. The van der Waals surface area contributed by atoms with Crippen molar-refractivity contribution < 1.29 is 0 Å². The monoisotopic (exact) mass is 292 g/mol. The number of halogens is 2. The van der Waals surface area contributed by atoms with E-state index in [0.717, 1.165) is 18.1 Å². The van der Waals surface area contributed by atoms with Gasteiger partial charge in [0.1, 0.15) is 0 Å². The molecule has 0 aliphatic rings. The normalized spacial score (nSPS) is 9.47. The largest absolute Gasteiger partial charge is 0.309 e. The van der Waals surface area contributed by atoms with Gasteiger partial charge < -0.3 is 5.32 Å². The van der Waals surface area contributed by atoms with Crippen molar-refractivity contribution in [3.05, 3.63) is 70.2 Å². The highest BCUT2D eigenvalue weighted by atomic mass is 35.5. The van der Waals surface area contributed by atoms with Crippen LogP contribution in [0.25, 0.3) is 0 Å². The van der Waals surface area contributed by atoms with Crippen LogP contribution in [0.3, 0.4) is 0 Å². The molecule has 0 unspecified atom stereocenters. The third-order valence-corrected chi connectivity index (χ3v) is 2.91. The average Bonchev–Trinajstić information content (AvgIpc) is 2.42. The predicted octanol–water partition coefficient (Wildman–Crippen LogP) is 3.92. The van der Waals surface area contributed by atoms with Gasteiger partial charge in [-0.15, -0.1) is 12.4 Å². The molecule has 2 aromatic rings. The average molecular weight is 293 g/mol. The molecule has 0 saturated heterocycles. The van der Waals surface area contributed by atoms with Crippen molar-refractivity contribution in [1.29, 1.82) is 5.26 Å². The van der Waals surface area contributed by atoms with Crippen LogP contribution in [-0.2, 0) is 13.1 Å². The Morgan fingerprint density at radius 1 is 0.895 bits per heavy atom. The quantitative estimate of drug-likeness (QED) is 0.927. The zero-order chi connectivity index (χ0) is 12.8. The van der Waals surface area contributed by atoms with Crippen LogP contribution in [0.5, 0.6) is 0 Å². The highest BCUT2D eigenvalue weighted by molar-refractivity contribution is 6.30. The van der Waals surface area contributed by atoms with E-state index in [2.05, 4.69) is 11.4 Å². The van der Waals surface area contributed by atoms with Crippen LogP contribution in [0.2, 0.25) is 5.02 Å². The molecular formula is C15H14Cl2N2. The number of nitriles is 1. The van der Waals surface area contributed by atoms with Crippen molar-refractivity contribution in [2.24, 2.45) is 0 Å². The fourth-order valence-electron chi connectivity index (χ4n) is 1.65. The van der Waals surface area contributed by atoms with Crippen LogP contribution in [-0.4, -0.2) is 0 Å². The number of rotatable bonds is 4. The molecule has 0 fully saturated rings. The van der Waals surface area contributed by atoms with Gasteiger partial charge in [-0.3, -0.25) is 0 Å². The van der Waals surface area contributed by atoms with Gasteiger partial charge in [0, 0.05) is 18.1 Å². The number of nitrogens with one attached hydrogen (secondary N) is 1. The lowest BCUT2D eigenvalue weighted by atomic mass is 10.1. The summed E-state index contributed by atoms with van der Waals surface area (Å²) in [7, 11) is 0. The predicted molar refractivity (Wildman–Crippen MR) is 80.4 cm³/mol. The minimum absolute atomic E-state index is 0. The molecule has 0 bridgehead atoms. The Labute approximate surface area is 124 Å². The minimum atomic E-state index is 0. The molecule has 0 amide bonds. The number of hydrogen-bond donors (Lipinski definition) is 1. The minimum Gasteiger partial charge on any atom is -0.309 e. The molecule has 1 N–H and O–H groups in total. The van der Waals surface area contributed by atoms with Gasteiger partial charge in [-0.25, -0.2) is 0 Å². The van der Waals surface area contributed by atoms with E-state index in [1.807, 2.05) is 48.5 Å². The lowest BCUT2D eigenvalue weighted by molar-refractivity contribution is 0.693. The van der Waals surface area contributed by atoms with Crippen LogP contribution >= 0.6 is 24.0 Å². The third kappa shape index (κ3) is 4.92. The molecule has 19 heavy (non-hydrogen) atoms. The zero-order valence-corrected chi connectivity index (χ0v) is 11.8. The second-order valence-corrected chi connectivity index (χ2v) is 4.48. The summed E-state index contributed by atoms with van der Waals surface area (Å²) in [6.07, 6.45) is 0. The van der Waals surface area contributed by atoms with Gasteiger partial charge in [0.05, 0.1) is 11.6 Å². The molecule has 0 aromatic heterocycles. The second kappa shape index (κ2) is 7.81. The highest BCUT2D eigenvalue weighted by Crippen LogP contribution is 2.09. The molecule has 2 aromatic carbocycles. The maximum Gasteiger partial charge on any atom is 0.0991 e. The second-order valence-electron chi connectivity index (χ2n) is 4.04. The van der Waals surface area contributed by atoms with Gasteiger partial charge in [-0.05, 0) is 35.4 Å². The van der Waals surface area contributed by atoms with Crippen LogP contribution in [0, 0.1) is 11.3 Å². The molecule has 2 rings (SSSR count). The van der Waals surface area contributed by atoms with E-state index in [4.69, 9.17) is 16.9 Å². The molecule has 0 aliphatic heterocycles. The van der Waals surface area contributed by atoms with E-state index in [0.29, 0.717) is 5.56 Å². The molecule has 98 valence electrons. The Kier molecular flexibility index (Phi) is 6.38. The smallest absolute Gasteiger partial charge is 0.0991 e. The van der Waals surface area contributed by atoms with E-state index in [1.54, 1.807) is 0 Å². The summed E-state index contributed by atoms with van der Waals surface area (Å²) >= 11 is 5.82. The first kappa shape index (κ1) is 15.5. The molecule has 0 aliphatic carbocycles. The van der Waals surface area contributed by atoms with Crippen LogP contribution < -0.4 is 5.32 Å². The van der Waals surface area contributed by atoms with Gasteiger partial charge in [-0.1, -0.05) is 35.9 Å². The molecule has 0 heterocycles. The number of hydrogen-bond acceptors (Lipinski definition) is 2. The van der Waals surface area contributed by atoms with E-state index in [9.17, 15) is 0 Å². The van der Waals surface area contributed by atoms with Crippen LogP contribution in [0.1, 0.15) is 16.7 Å². The Bertz CT molecular complexity index is 542. The fraction of sp³-hybridized carbons (Fsp3) is 0.133. The zero-order valence-electron chi connectivity index (χ0n) is 10.3. The summed E-state index contributed by atoms with van der Waals surface area (Å²) in [6.45, 7) is 1.59. The lowest BCUT2D eigenvalue weighted by Gasteiger charge is -2.05. The van der Waals surface area contributed by atoms with Crippen molar-refractivity contribution in [1.82, 2.24) is 5.32 Å². The Balaban J connectivity index is 0.00000180. The molecule has 0 atom stereocenters. The number of nitrogens with zero attached hydrogens (tertiary/aromatic N) is 1. The molecule has 4 heteroatoms. The molecule has 0 spiro atoms.